The van der Waals surface area contributed by atoms with Crippen LogP contribution in [-0.2, 0) is 7.05 Å². The van der Waals surface area contributed by atoms with Crippen molar-refractivity contribution in [2.45, 2.75) is 40.2 Å². The van der Waals surface area contributed by atoms with Gasteiger partial charge in [0.2, 0.25) is 0 Å². The van der Waals surface area contributed by atoms with Crippen LogP contribution in [0.25, 0.3) is 0 Å². The number of nitrogens with zero attached hydrogens (tertiary/aromatic N) is 2. The van der Waals surface area contributed by atoms with Gasteiger partial charge in [-0.25, -0.2) is 0 Å². The van der Waals surface area contributed by atoms with Crippen molar-refractivity contribution in [3.8, 4) is 0 Å². The predicted octanol–water partition coefficient (Wildman–Crippen LogP) is 1.71. The average Bonchev–Trinajstić information content (AvgIpc) is 2.96. The summed E-state index contributed by atoms with van der Waals surface area (Å²) in [5.74, 6) is 0.318. The standard InChI is InChI=1S/C11H19N3O.C2H6/c1-7-8(2)14(3)13-10(7)11(15)9-4-5-12-6-9;1-2/h9,11-12,15H,4-6H2,1-3H3;1-2H3. The Labute approximate surface area is 104 Å². The fourth-order valence-corrected chi connectivity index (χ4v) is 2.19. The van der Waals surface area contributed by atoms with Crippen molar-refractivity contribution in [3.63, 3.8) is 0 Å². The molecule has 17 heavy (non-hydrogen) atoms. The first kappa shape index (κ1) is 14.2. The van der Waals surface area contributed by atoms with Crippen molar-refractivity contribution in [3.05, 3.63) is 17.0 Å². The summed E-state index contributed by atoms with van der Waals surface area (Å²) in [4.78, 5) is 0. The highest BCUT2D eigenvalue weighted by atomic mass is 16.3. The monoisotopic (exact) mass is 239 g/mol. The second-order valence-electron chi connectivity index (χ2n) is 4.42. The summed E-state index contributed by atoms with van der Waals surface area (Å²) in [5, 5.41) is 17.9. The van der Waals surface area contributed by atoms with Crippen LogP contribution >= 0.6 is 0 Å². The third-order valence-corrected chi connectivity index (χ3v) is 3.50. The second kappa shape index (κ2) is 6.17. The summed E-state index contributed by atoms with van der Waals surface area (Å²) in [6.45, 7) is 9.97. The van der Waals surface area contributed by atoms with Crippen molar-refractivity contribution >= 4 is 0 Å². The van der Waals surface area contributed by atoms with Crippen LogP contribution in [0.15, 0.2) is 0 Å². The summed E-state index contributed by atoms with van der Waals surface area (Å²) in [6, 6.07) is 0. The number of aliphatic hydroxyl groups is 1. The van der Waals surface area contributed by atoms with E-state index in [1.54, 1.807) is 0 Å². The molecule has 0 aliphatic carbocycles. The lowest BCUT2D eigenvalue weighted by Crippen LogP contribution is -2.17. The Morgan fingerprint density at radius 3 is 2.47 bits per heavy atom. The Morgan fingerprint density at radius 1 is 1.41 bits per heavy atom. The highest BCUT2D eigenvalue weighted by Crippen LogP contribution is 2.28. The minimum Gasteiger partial charge on any atom is -0.386 e. The van der Waals surface area contributed by atoms with E-state index in [0.29, 0.717) is 5.92 Å². The summed E-state index contributed by atoms with van der Waals surface area (Å²) in [5.41, 5.74) is 3.11. The summed E-state index contributed by atoms with van der Waals surface area (Å²) < 4.78 is 1.84. The fourth-order valence-electron chi connectivity index (χ4n) is 2.19. The van der Waals surface area contributed by atoms with Crippen LogP contribution in [0.5, 0.6) is 0 Å². The van der Waals surface area contributed by atoms with Gasteiger partial charge >= 0.3 is 0 Å². The molecule has 0 radical (unpaired) electrons. The van der Waals surface area contributed by atoms with E-state index in [9.17, 15) is 5.11 Å². The van der Waals surface area contributed by atoms with Crippen LogP contribution in [0, 0.1) is 19.8 Å². The highest BCUT2D eigenvalue weighted by molar-refractivity contribution is 5.25. The fraction of sp³-hybridized carbons (Fsp3) is 0.769. The molecule has 2 unspecified atom stereocenters. The van der Waals surface area contributed by atoms with Crippen molar-refractivity contribution < 1.29 is 5.11 Å². The first-order valence-electron chi connectivity index (χ1n) is 6.50. The van der Waals surface area contributed by atoms with Crippen LogP contribution in [-0.4, -0.2) is 28.0 Å². The van der Waals surface area contributed by atoms with E-state index in [1.807, 2.05) is 39.4 Å². The van der Waals surface area contributed by atoms with Gasteiger partial charge in [-0.2, -0.15) is 5.10 Å². The number of nitrogens with one attached hydrogen (secondary N) is 1. The third kappa shape index (κ3) is 2.87. The zero-order valence-corrected chi connectivity index (χ0v) is 11.6. The first-order valence-corrected chi connectivity index (χ1v) is 6.50. The van der Waals surface area contributed by atoms with Crippen molar-refractivity contribution in [2.24, 2.45) is 13.0 Å². The molecule has 1 aliphatic rings. The van der Waals surface area contributed by atoms with Gasteiger partial charge in [0.05, 0.1) is 5.69 Å². The minimum atomic E-state index is -0.417. The lowest BCUT2D eigenvalue weighted by Gasteiger charge is -2.15. The van der Waals surface area contributed by atoms with Crippen LogP contribution in [0.2, 0.25) is 0 Å². The maximum atomic E-state index is 10.2. The van der Waals surface area contributed by atoms with Gasteiger partial charge < -0.3 is 10.4 Å². The van der Waals surface area contributed by atoms with Crippen LogP contribution in [0.3, 0.4) is 0 Å². The number of rotatable bonds is 2. The Kier molecular flexibility index (Phi) is 5.15. The minimum absolute atomic E-state index is 0.318. The molecule has 1 fully saturated rings. The van der Waals surface area contributed by atoms with Gasteiger partial charge in [-0.1, -0.05) is 13.8 Å². The van der Waals surface area contributed by atoms with E-state index in [-0.39, 0.29) is 0 Å². The Hall–Kier alpha value is -0.870. The number of aryl methyl sites for hydroxylation is 1. The van der Waals surface area contributed by atoms with Gasteiger partial charge in [0.25, 0.3) is 0 Å². The van der Waals surface area contributed by atoms with E-state index in [4.69, 9.17) is 0 Å². The number of aromatic nitrogens is 2. The van der Waals surface area contributed by atoms with E-state index >= 15 is 0 Å². The van der Waals surface area contributed by atoms with E-state index < -0.39 is 6.10 Å². The van der Waals surface area contributed by atoms with Gasteiger partial charge in [0.15, 0.2) is 0 Å². The Balaban J connectivity index is 0.000000686. The number of aliphatic hydroxyl groups excluding tert-OH is 1. The molecule has 0 spiro atoms. The van der Waals surface area contributed by atoms with E-state index in [0.717, 1.165) is 36.5 Å². The number of hydrogen-bond acceptors (Lipinski definition) is 3. The lowest BCUT2D eigenvalue weighted by molar-refractivity contribution is 0.112. The molecule has 4 nitrogen and oxygen atoms in total. The SMILES string of the molecule is CC.Cc1c(C(O)C2CCNC2)nn(C)c1C. The van der Waals surface area contributed by atoms with Crippen molar-refractivity contribution in [1.29, 1.82) is 0 Å². The van der Waals surface area contributed by atoms with Crippen molar-refractivity contribution in [2.75, 3.05) is 13.1 Å². The number of hydrogen-bond donors (Lipinski definition) is 2. The smallest absolute Gasteiger partial charge is 0.102 e. The molecule has 1 aliphatic heterocycles. The highest BCUT2D eigenvalue weighted by Gasteiger charge is 2.28. The van der Waals surface area contributed by atoms with Gasteiger partial charge in [0.1, 0.15) is 6.10 Å². The van der Waals surface area contributed by atoms with Crippen LogP contribution < -0.4 is 5.32 Å². The summed E-state index contributed by atoms with van der Waals surface area (Å²) >= 11 is 0. The molecule has 98 valence electrons. The van der Waals surface area contributed by atoms with Gasteiger partial charge in [-0.05, 0) is 32.4 Å². The van der Waals surface area contributed by atoms with Gasteiger partial charge in [0, 0.05) is 25.2 Å². The topological polar surface area (TPSA) is 50.1 Å². The molecule has 0 amide bonds. The molecule has 2 N–H and O–H groups in total. The third-order valence-electron chi connectivity index (χ3n) is 3.50. The Bertz CT molecular complexity index is 354. The molecular formula is C13H25N3O. The molecular weight excluding hydrogens is 214 g/mol. The molecule has 2 heterocycles. The van der Waals surface area contributed by atoms with E-state index in [2.05, 4.69) is 10.4 Å². The zero-order chi connectivity index (χ0) is 13.0. The molecule has 0 saturated carbocycles. The van der Waals surface area contributed by atoms with E-state index in [1.165, 1.54) is 0 Å². The average molecular weight is 239 g/mol. The predicted molar refractivity (Wildman–Crippen MR) is 70.0 cm³/mol. The molecule has 0 aromatic carbocycles. The van der Waals surface area contributed by atoms with Crippen molar-refractivity contribution in [1.82, 2.24) is 15.1 Å². The molecule has 0 bridgehead atoms. The second-order valence-corrected chi connectivity index (χ2v) is 4.42. The maximum absolute atomic E-state index is 10.2. The normalized spacial score (nSPS) is 20.9. The first-order chi connectivity index (χ1) is 8.11. The lowest BCUT2D eigenvalue weighted by atomic mass is 9.97. The summed E-state index contributed by atoms with van der Waals surface area (Å²) in [7, 11) is 1.92. The zero-order valence-electron chi connectivity index (χ0n) is 11.6. The molecule has 4 heteroatoms. The van der Waals surface area contributed by atoms with Gasteiger partial charge in [-0.15, -0.1) is 0 Å². The molecule has 1 saturated heterocycles. The maximum Gasteiger partial charge on any atom is 0.102 e. The molecule has 1 aromatic rings. The quantitative estimate of drug-likeness (QED) is 0.826. The van der Waals surface area contributed by atoms with Crippen LogP contribution in [0.4, 0.5) is 0 Å². The van der Waals surface area contributed by atoms with Gasteiger partial charge in [-0.3, -0.25) is 4.68 Å². The largest absolute Gasteiger partial charge is 0.386 e. The molecule has 2 atom stereocenters. The molecule has 1 aromatic heterocycles. The Morgan fingerprint density at radius 2 is 2.06 bits per heavy atom. The molecule has 2 rings (SSSR count). The van der Waals surface area contributed by atoms with Crippen LogP contribution in [0.1, 0.15) is 43.3 Å². The summed E-state index contributed by atoms with van der Waals surface area (Å²) in [6.07, 6.45) is 0.621.